The summed E-state index contributed by atoms with van der Waals surface area (Å²) in [6.45, 7) is 5.36. The summed E-state index contributed by atoms with van der Waals surface area (Å²) in [5.41, 5.74) is 0.677. The highest BCUT2D eigenvalue weighted by molar-refractivity contribution is 5.82. The predicted octanol–water partition coefficient (Wildman–Crippen LogP) is 2.80. The minimum atomic E-state index is -1.10. The van der Waals surface area contributed by atoms with Crippen LogP contribution < -0.4 is 5.32 Å². The van der Waals surface area contributed by atoms with Gasteiger partial charge in [-0.2, -0.15) is 0 Å². The first-order valence-corrected chi connectivity index (χ1v) is 9.10. The van der Waals surface area contributed by atoms with E-state index >= 15 is 0 Å². The zero-order valence-electron chi connectivity index (χ0n) is 16.2. The Morgan fingerprint density at radius 3 is 2.57 bits per heavy atom. The fourth-order valence-electron chi connectivity index (χ4n) is 3.01. The molecule has 0 spiro atoms. The van der Waals surface area contributed by atoms with Gasteiger partial charge in [-0.25, -0.2) is 13.8 Å². The molecule has 2 aromatic rings. The number of hydrogen-bond acceptors (Lipinski definition) is 4. The Morgan fingerprint density at radius 1 is 1.25 bits per heavy atom. The second-order valence-corrected chi connectivity index (χ2v) is 7.28. The Bertz CT molecular complexity index is 836. The molecule has 2 N–H and O–H groups in total. The van der Waals surface area contributed by atoms with E-state index < -0.39 is 29.7 Å². The van der Waals surface area contributed by atoms with Crippen molar-refractivity contribution in [2.75, 3.05) is 0 Å². The second kappa shape index (κ2) is 9.54. The fraction of sp³-hybridized carbons (Fsp3) is 0.450. The molecule has 0 saturated heterocycles. The number of hydrogen-bond donors (Lipinski definition) is 2. The number of imidazole rings is 1. The van der Waals surface area contributed by atoms with E-state index in [9.17, 15) is 23.5 Å². The quantitative estimate of drug-likeness (QED) is 0.649. The zero-order valence-corrected chi connectivity index (χ0v) is 16.2. The lowest BCUT2D eigenvalue weighted by Crippen LogP contribution is -2.48. The topological polar surface area (TPSA) is 84.2 Å². The molecule has 0 bridgehead atoms. The molecular weight excluding hydrogens is 368 g/mol. The molecule has 1 heterocycles. The van der Waals surface area contributed by atoms with E-state index in [0.29, 0.717) is 12.1 Å². The number of rotatable bonds is 10. The van der Waals surface area contributed by atoms with Crippen molar-refractivity contribution in [3.63, 3.8) is 0 Å². The van der Waals surface area contributed by atoms with Gasteiger partial charge in [0, 0.05) is 23.9 Å². The molecule has 2 atom stereocenters. The smallest absolute Gasteiger partial charge is 0.321 e. The number of aliphatic carboxylic acids is 1. The van der Waals surface area contributed by atoms with E-state index in [-0.39, 0.29) is 30.2 Å². The SMILES string of the molecule is CC(=O)C(CC(C)C)N[C@@H](Cc1cncn1Cc1cccc(F)c1F)C(=O)O. The van der Waals surface area contributed by atoms with Crippen molar-refractivity contribution < 1.29 is 23.5 Å². The van der Waals surface area contributed by atoms with Crippen LogP contribution in [-0.4, -0.2) is 38.5 Å². The first-order chi connectivity index (χ1) is 13.2. The van der Waals surface area contributed by atoms with Crippen molar-refractivity contribution in [1.29, 1.82) is 0 Å². The van der Waals surface area contributed by atoms with Gasteiger partial charge in [-0.3, -0.25) is 14.9 Å². The molecule has 0 saturated carbocycles. The minimum absolute atomic E-state index is 0.0212. The molecule has 28 heavy (non-hydrogen) atoms. The number of ketones is 1. The predicted molar refractivity (Wildman–Crippen MR) is 99.9 cm³/mol. The molecular formula is C20H25F2N3O3. The summed E-state index contributed by atoms with van der Waals surface area (Å²) >= 11 is 0. The van der Waals surface area contributed by atoms with Crippen molar-refractivity contribution in [3.8, 4) is 0 Å². The number of carboxylic acid groups (broad SMARTS) is 1. The number of nitrogens with zero attached hydrogens (tertiary/aromatic N) is 2. The summed E-state index contributed by atoms with van der Waals surface area (Å²) in [5.74, 6) is -2.89. The largest absolute Gasteiger partial charge is 0.480 e. The summed E-state index contributed by atoms with van der Waals surface area (Å²) in [4.78, 5) is 27.6. The normalized spacial score (nSPS) is 13.5. The third-order valence-corrected chi connectivity index (χ3v) is 4.48. The first kappa shape index (κ1) is 21.7. The van der Waals surface area contributed by atoms with Crippen LogP contribution in [0.15, 0.2) is 30.7 Å². The number of halogens is 2. The highest BCUT2D eigenvalue weighted by atomic mass is 19.2. The van der Waals surface area contributed by atoms with Crippen LogP contribution in [0.4, 0.5) is 8.78 Å². The minimum Gasteiger partial charge on any atom is -0.480 e. The average molecular weight is 393 g/mol. The van der Waals surface area contributed by atoms with Gasteiger partial charge in [0.25, 0.3) is 0 Å². The van der Waals surface area contributed by atoms with E-state index in [2.05, 4.69) is 10.3 Å². The number of aromatic nitrogens is 2. The number of nitrogens with one attached hydrogen (secondary N) is 1. The lowest BCUT2D eigenvalue weighted by atomic mass is 9.99. The Morgan fingerprint density at radius 2 is 1.96 bits per heavy atom. The standard InChI is InChI=1S/C20H25F2N3O3/c1-12(2)7-17(13(3)26)24-18(20(27)28)8-15-9-23-11-25(15)10-14-5-4-6-16(21)19(14)22/h4-6,9,11-12,17-18,24H,7-8,10H2,1-3H3,(H,27,28)/t17?,18-/m0/s1. The number of carbonyl (C=O) groups excluding carboxylic acids is 1. The van der Waals surface area contributed by atoms with Crippen molar-refractivity contribution in [2.24, 2.45) is 5.92 Å². The van der Waals surface area contributed by atoms with Crippen molar-refractivity contribution >= 4 is 11.8 Å². The molecule has 0 amide bonds. The number of carbonyl (C=O) groups is 2. The monoisotopic (exact) mass is 393 g/mol. The van der Waals surface area contributed by atoms with Crippen molar-refractivity contribution in [1.82, 2.24) is 14.9 Å². The lowest BCUT2D eigenvalue weighted by molar-refractivity contribution is -0.139. The zero-order chi connectivity index (χ0) is 20.8. The van der Waals surface area contributed by atoms with E-state index in [1.54, 1.807) is 4.57 Å². The van der Waals surface area contributed by atoms with Gasteiger partial charge < -0.3 is 9.67 Å². The van der Waals surface area contributed by atoms with Crippen molar-refractivity contribution in [3.05, 3.63) is 53.6 Å². The van der Waals surface area contributed by atoms with E-state index in [4.69, 9.17) is 0 Å². The van der Waals surface area contributed by atoms with Crippen LogP contribution in [0.1, 0.15) is 38.4 Å². The second-order valence-electron chi connectivity index (χ2n) is 7.28. The van der Waals surface area contributed by atoms with Crippen LogP contribution in [0.2, 0.25) is 0 Å². The summed E-state index contributed by atoms with van der Waals surface area (Å²) in [5, 5.41) is 12.5. The lowest BCUT2D eigenvalue weighted by Gasteiger charge is -2.23. The van der Waals surface area contributed by atoms with Crippen LogP contribution in [0.5, 0.6) is 0 Å². The number of Topliss-reactive ketones (excluding diaryl/α,β-unsaturated/α-hetero) is 1. The number of carboxylic acids is 1. The maximum absolute atomic E-state index is 13.9. The van der Waals surface area contributed by atoms with Crippen LogP contribution in [0.25, 0.3) is 0 Å². The summed E-state index contributed by atoms with van der Waals surface area (Å²) in [6, 6.07) is 2.33. The van der Waals surface area contributed by atoms with Gasteiger partial charge in [-0.05, 0) is 25.3 Å². The van der Waals surface area contributed by atoms with Crippen molar-refractivity contribution in [2.45, 2.75) is 52.2 Å². The van der Waals surface area contributed by atoms with Gasteiger partial charge in [0.2, 0.25) is 0 Å². The first-order valence-electron chi connectivity index (χ1n) is 9.10. The van der Waals surface area contributed by atoms with Crippen LogP contribution >= 0.6 is 0 Å². The summed E-state index contributed by atoms with van der Waals surface area (Å²) < 4.78 is 28.9. The molecule has 152 valence electrons. The molecule has 1 unspecified atom stereocenters. The Hall–Kier alpha value is -2.61. The van der Waals surface area contributed by atoms with Gasteiger partial charge in [0.1, 0.15) is 11.8 Å². The third kappa shape index (κ3) is 5.69. The summed E-state index contributed by atoms with van der Waals surface area (Å²) in [7, 11) is 0. The van der Waals surface area contributed by atoms with Gasteiger partial charge in [-0.15, -0.1) is 0 Å². The maximum atomic E-state index is 13.9. The fourth-order valence-corrected chi connectivity index (χ4v) is 3.01. The van der Waals surface area contributed by atoms with Gasteiger partial charge in [0.05, 0.1) is 18.9 Å². The highest BCUT2D eigenvalue weighted by Gasteiger charge is 2.26. The molecule has 0 aliphatic rings. The highest BCUT2D eigenvalue weighted by Crippen LogP contribution is 2.15. The molecule has 1 aromatic carbocycles. The third-order valence-electron chi connectivity index (χ3n) is 4.48. The van der Waals surface area contributed by atoms with E-state index in [1.807, 2.05) is 13.8 Å². The maximum Gasteiger partial charge on any atom is 0.321 e. The average Bonchev–Trinajstić information content (AvgIpc) is 3.03. The number of benzene rings is 1. The molecule has 1 aromatic heterocycles. The van der Waals surface area contributed by atoms with Gasteiger partial charge in [-0.1, -0.05) is 26.0 Å². The molecule has 6 nitrogen and oxygen atoms in total. The van der Waals surface area contributed by atoms with E-state index in [0.717, 1.165) is 6.07 Å². The van der Waals surface area contributed by atoms with Gasteiger partial charge in [0.15, 0.2) is 11.6 Å². The molecule has 8 heteroatoms. The van der Waals surface area contributed by atoms with Crippen LogP contribution in [0.3, 0.4) is 0 Å². The van der Waals surface area contributed by atoms with Gasteiger partial charge >= 0.3 is 5.97 Å². The molecule has 0 aliphatic heterocycles. The molecule has 2 rings (SSSR count). The molecule has 0 aliphatic carbocycles. The van der Waals surface area contributed by atoms with Crippen LogP contribution in [0, 0.1) is 17.6 Å². The Balaban J connectivity index is 2.18. The Labute approximate surface area is 162 Å². The molecule has 0 fully saturated rings. The Kier molecular flexibility index (Phi) is 7.39. The van der Waals surface area contributed by atoms with Crippen LogP contribution in [-0.2, 0) is 22.6 Å². The summed E-state index contributed by atoms with van der Waals surface area (Å²) in [6.07, 6.45) is 3.50. The molecule has 0 radical (unpaired) electrons. The van der Waals surface area contributed by atoms with E-state index in [1.165, 1.54) is 31.6 Å².